The number of nitrogens with one attached hydrogen (secondary N) is 1. The fraction of sp³-hybridized carbons (Fsp3) is 0.562. The molecule has 110 valence electrons. The van der Waals surface area contributed by atoms with Gasteiger partial charge in [0.15, 0.2) is 0 Å². The van der Waals surface area contributed by atoms with Gasteiger partial charge in [-0.25, -0.2) is 0 Å². The predicted molar refractivity (Wildman–Crippen MR) is 79.5 cm³/mol. The van der Waals surface area contributed by atoms with Crippen LogP contribution in [0, 0.1) is 0 Å². The van der Waals surface area contributed by atoms with Gasteiger partial charge >= 0.3 is 0 Å². The van der Waals surface area contributed by atoms with Crippen LogP contribution in [0.5, 0.6) is 0 Å². The summed E-state index contributed by atoms with van der Waals surface area (Å²) < 4.78 is 5.77. The van der Waals surface area contributed by atoms with Crippen molar-refractivity contribution in [3.05, 3.63) is 35.4 Å². The summed E-state index contributed by atoms with van der Waals surface area (Å²) in [5.41, 5.74) is 7.22. The van der Waals surface area contributed by atoms with Gasteiger partial charge in [0, 0.05) is 18.7 Å². The van der Waals surface area contributed by atoms with Crippen LogP contribution < -0.4 is 11.1 Å². The molecule has 3 N–H and O–H groups in total. The molecule has 1 amide bonds. The van der Waals surface area contributed by atoms with Crippen molar-refractivity contribution in [2.75, 3.05) is 13.2 Å². The second kappa shape index (κ2) is 8.02. The second-order valence-corrected chi connectivity index (χ2v) is 5.29. The van der Waals surface area contributed by atoms with Crippen molar-refractivity contribution < 1.29 is 9.53 Å². The van der Waals surface area contributed by atoms with Crippen LogP contribution in [-0.2, 0) is 11.3 Å². The predicted octanol–water partition coefficient (Wildman–Crippen LogP) is 2.22. The summed E-state index contributed by atoms with van der Waals surface area (Å²) in [6.45, 7) is 1.66. The Labute approximate surface area is 120 Å². The Kier molecular flexibility index (Phi) is 6.02. The largest absolute Gasteiger partial charge is 0.376 e. The zero-order valence-electron chi connectivity index (χ0n) is 11.9. The van der Waals surface area contributed by atoms with Crippen molar-refractivity contribution in [2.45, 2.75) is 44.8 Å². The van der Waals surface area contributed by atoms with Crippen LogP contribution in [0.4, 0.5) is 0 Å². The van der Waals surface area contributed by atoms with Crippen molar-refractivity contribution in [1.82, 2.24) is 5.32 Å². The maximum atomic E-state index is 11.9. The number of nitrogens with two attached hydrogens (primary N) is 1. The van der Waals surface area contributed by atoms with Crippen LogP contribution in [0.25, 0.3) is 0 Å². The molecule has 1 aromatic rings. The SMILES string of the molecule is NCc1ccc(C(=O)NCCOC2CCCCC2)cc1. The molecule has 0 radical (unpaired) electrons. The molecule has 0 unspecified atom stereocenters. The molecule has 1 aliphatic carbocycles. The summed E-state index contributed by atoms with van der Waals surface area (Å²) in [5.74, 6) is -0.0548. The van der Waals surface area contributed by atoms with Crippen LogP contribution >= 0.6 is 0 Å². The Bertz CT molecular complexity index is 411. The van der Waals surface area contributed by atoms with Crippen molar-refractivity contribution in [3.8, 4) is 0 Å². The molecule has 1 fully saturated rings. The van der Waals surface area contributed by atoms with Gasteiger partial charge in [0.2, 0.25) is 0 Å². The third kappa shape index (κ3) is 4.62. The fourth-order valence-electron chi connectivity index (χ4n) is 2.52. The molecule has 0 atom stereocenters. The van der Waals surface area contributed by atoms with E-state index in [0.29, 0.717) is 31.4 Å². The van der Waals surface area contributed by atoms with E-state index in [-0.39, 0.29) is 5.91 Å². The Morgan fingerprint density at radius 1 is 1.20 bits per heavy atom. The summed E-state index contributed by atoms with van der Waals surface area (Å²) in [4.78, 5) is 11.9. The number of carbonyl (C=O) groups excluding carboxylic acids is 1. The number of benzene rings is 1. The molecule has 0 heterocycles. The molecule has 0 aliphatic heterocycles. The Balaban J connectivity index is 1.66. The van der Waals surface area contributed by atoms with E-state index in [1.165, 1.54) is 19.3 Å². The van der Waals surface area contributed by atoms with Gasteiger partial charge in [-0.3, -0.25) is 4.79 Å². The maximum absolute atomic E-state index is 11.9. The standard InChI is InChI=1S/C16H24N2O2/c17-12-13-6-8-14(9-7-13)16(19)18-10-11-20-15-4-2-1-3-5-15/h6-9,15H,1-5,10-12,17H2,(H,18,19). The van der Waals surface area contributed by atoms with E-state index in [0.717, 1.165) is 18.4 Å². The number of hydrogen-bond donors (Lipinski definition) is 2. The van der Waals surface area contributed by atoms with Gasteiger partial charge < -0.3 is 15.8 Å². The molecule has 1 saturated carbocycles. The van der Waals surface area contributed by atoms with Crippen LogP contribution in [-0.4, -0.2) is 25.2 Å². The highest BCUT2D eigenvalue weighted by Gasteiger charge is 2.13. The smallest absolute Gasteiger partial charge is 0.251 e. The topological polar surface area (TPSA) is 64.4 Å². The molecule has 0 spiro atoms. The van der Waals surface area contributed by atoms with E-state index >= 15 is 0 Å². The zero-order chi connectivity index (χ0) is 14.2. The molecule has 0 bridgehead atoms. The van der Waals surface area contributed by atoms with E-state index in [1.807, 2.05) is 12.1 Å². The van der Waals surface area contributed by atoms with E-state index < -0.39 is 0 Å². The summed E-state index contributed by atoms with van der Waals surface area (Å²) in [6.07, 6.45) is 6.58. The monoisotopic (exact) mass is 276 g/mol. The first-order valence-corrected chi connectivity index (χ1v) is 7.48. The molecule has 1 aliphatic rings. The van der Waals surface area contributed by atoms with E-state index in [4.69, 9.17) is 10.5 Å². The minimum absolute atomic E-state index is 0.0548. The van der Waals surface area contributed by atoms with Crippen molar-refractivity contribution in [3.63, 3.8) is 0 Å². The van der Waals surface area contributed by atoms with Crippen LogP contribution in [0.3, 0.4) is 0 Å². The highest BCUT2D eigenvalue weighted by atomic mass is 16.5. The molecular weight excluding hydrogens is 252 g/mol. The lowest BCUT2D eigenvalue weighted by molar-refractivity contribution is 0.0299. The third-order valence-corrected chi connectivity index (χ3v) is 3.75. The van der Waals surface area contributed by atoms with E-state index in [1.54, 1.807) is 12.1 Å². The van der Waals surface area contributed by atoms with E-state index in [9.17, 15) is 4.79 Å². The maximum Gasteiger partial charge on any atom is 0.251 e. The number of rotatable bonds is 6. The van der Waals surface area contributed by atoms with Crippen LogP contribution in [0.2, 0.25) is 0 Å². The highest BCUT2D eigenvalue weighted by molar-refractivity contribution is 5.94. The van der Waals surface area contributed by atoms with Crippen LogP contribution in [0.1, 0.15) is 48.0 Å². The second-order valence-electron chi connectivity index (χ2n) is 5.29. The summed E-state index contributed by atoms with van der Waals surface area (Å²) in [7, 11) is 0. The Morgan fingerprint density at radius 3 is 2.55 bits per heavy atom. The minimum atomic E-state index is -0.0548. The van der Waals surface area contributed by atoms with Gasteiger partial charge in [-0.15, -0.1) is 0 Å². The zero-order valence-corrected chi connectivity index (χ0v) is 11.9. The average molecular weight is 276 g/mol. The lowest BCUT2D eigenvalue weighted by atomic mass is 9.98. The van der Waals surface area contributed by atoms with Crippen molar-refractivity contribution in [1.29, 1.82) is 0 Å². The first-order valence-electron chi connectivity index (χ1n) is 7.48. The van der Waals surface area contributed by atoms with Gasteiger partial charge in [0.25, 0.3) is 5.91 Å². The van der Waals surface area contributed by atoms with Gasteiger partial charge in [-0.1, -0.05) is 31.4 Å². The fourth-order valence-corrected chi connectivity index (χ4v) is 2.52. The van der Waals surface area contributed by atoms with Gasteiger partial charge in [-0.05, 0) is 30.5 Å². The van der Waals surface area contributed by atoms with Crippen molar-refractivity contribution >= 4 is 5.91 Å². The normalized spacial score (nSPS) is 16.1. The lowest BCUT2D eigenvalue weighted by Crippen LogP contribution is -2.29. The van der Waals surface area contributed by atoms with Crippen molar-refractivity contribution in [2.24, 2.45) is 5.73 Å². The molecule has 4 nitrogen and oxygen atoms in total. The Morgan fingerprint density at radius 2 is 1.90 bits per heavy atom. The van der Waals surface area contributed by atoms with E-state index in [2.05, 4.69) is 5.32 Å². The molecule has 1 aromatic carbocycles. The van der Waals surface area contributed by atoms with Gasteiger partial charge in [-0.2, -0.15) is 0 Å². The molecule has 2 rings (SSSR count). The first-order chi connectivity index (χ1) is 9.79. The summed E-state index contributed by atoms with van der Waals surface area (Å²) in [5, 5.41) is 2.88. The number of carbonyl (C=O) groups is 1. The third-order valence-electron chi connectivity index (χ3n) is 3.75. The number of ether oxygens (including phenoxy) is 1. The van der Waals surface area contributed by atoms with Gasteiger partial charge in [0.1, 0.15) is 0 Å². The quantitative estimate of drug-likeness (QED) is 0.783. The number of hydrogen-bond acceptors (Lipinski definition) is 3. The van der Waals surface area contributed by atoms with Gasteiger partial charge in [0.05, 0.1) is 12.7 Å². The Hall–Kier alpha value is -1.39. The number of amides is 1. The minimum Gasteiger partial charge on any atom is -0.376 e. The van der Waals surface area contributed by atoms with Crippen LogP contribution in [0.15, 0.2) is 24.3 Å². The molecule has 20 heavy (non-hydrogen) atoms. The first kappa shape index (κ1) is 15.0. The highest BCUT2D eigenvalue weighted by Crippen LogP contribution is 2.19. The average Bonchev–Trinajstić information content (AvgIpc) is 2.52. The lowest BCUT2D eigenvalue weighted by Gasteiger charge is -2.22. The summed E-state index contributed by atoms with van der Waals surface area (Å²) >= 11 is 0. The molecular formula is C16H24N2O2. The molecule has 0 aromatic heterocycles. The molecule has 4 heteroatoms. The molecule has 0 saturated heterocycles. The summed E-state index contributed by atoms with van der Waals surface area (Å²) in [6, 6.07) is 7.37.